The van der Waals surface area contributed by atoms with E-state index in [0.717, 1.165) is 32.1 Å². The molecule has 0 bridgehead atoms. The van der Waals surface area contributed by atoms with Gasteiger partial charge in [-0.25, -0.2) is 4.57 Å². The third-order valence-electron chi connectivity index (χ3n) is 9.83. The molecular formula is C44H89NO7P+. The highest BCUT2D eigenvalue weighted by Gasteiger charge is 2.26. The molecule has 2 atom stereocenters. The van der Waals surface area contributed by atoms with Crippen molar-refractivity contribution in [2.75, 3.05) is 54.1 Å². The number of hydrogen-bond donors (Lipinski definition) is 1. The smallest absolute Gasteiger partial charge is 0.457 e. The number of nitrogens with zero attached hydrogens (tertiary/aromatic N) is 1. The average molecular weight is 775 g/mol. The van der Waals surface area contributed by atoms with Crippen LogP contribution in [0.3, 0.4) is 0 Å². The van der Waals surface area contributed by atoms with Gasteiger partial charge in [0, 0.05) is 13.0 Å². The van der Waals surface area contributed by atoms with E-state index < -0.39 is 13.9 Å². The molecule has 316 valence electrons. The molecular weight excluding hydrogens is 685 g/mol. The maximum Gasteiger partial charge on any atom is 0.472 e. The van der Waals surface area contributed by atoms with Gasteiger partial charge in [0.25, 0.3) is 0 Å². The Morgan fingerprint density at radius 2 is 1.00 bits per heavy atom. The number of phosphoric acid groups is 1. The second-order valence-corrected chi connectivity index (χ2v) is 17.9. The van der Waals surface area contributed by atoms with E-state index in [1.807, 2.05) is 21.1 Å². The molecule has 0 heterocycles. The van der Waals surface area contributed by atoms with E-state index in [0.29, 0.717) is 24.1 Å². The van der Waals surface area contributed by atoms with Crippen molar-refractivity contribution >= 4 is 13.8 Å². The lowest BCUT2D eigenvalue weighted by Crippen LogP contribution is -2.37. The fourth-order valence-corrected chi connectivity index (χ4v) is 7.04. The van der Waals surface area contributed by atoms with Crippen LogP contribution in [0, 0.1) is 0 Å². The number of likely N-dealkylation sites (N-methyl/N-ethyl adjacent to an activating group) is 1. The summed E-state index contributed by atoms with van der Waals surface area (Å²) in [5.41, 5.74) is 0. The number of ether oxygens (including phenoxy) is 2. The number of phosphoric ester groups is 1. The van der Waals surface area contributed by atoms with Crippen LogP contribution in [0.15, 0.2) is 12.2 Å². The summed E-state index contributed by atoms with van der Waals surface area (Å²) < 4.78 is 35.0. The Bertz CT molecular complexity index is 863. The highest BCUT2D eigenvalue weighted by molar-refractivity contribution is 7.47. The zero-order valence-corrected chi connectivity index (χ0v) is 36.7. The van der Waals surface area contributed by atoms with Crippen molar-refractivity contribution < 1.29 is 37.3 Å². The van der Waals surface area contributed by atoms with Crippen LogP contribution >= 0.6 is 7.82 Å². The minimum atomic E-state index is -4.27. The van der Waals surface area contributed by atoms with Gasteiger partial charge in [-0.3, -0.25) is 13.8 Å². The summed E-state index contributed by atoms with van der Waals surface area (Å²) in [7, 11) is 1.67. The third kappa shape index (κ3) is 42.2. The molecule has 0 amide bonds. The van der Waals surface area contributed by atoms with Gasteiger partial charge in [-0.15, -0.1) is 0 Å². The molecule has 0 aromatic heterocycles. The lowest BCUT2D eigenvalue weighted by atomic mass is 10.0. The second kappa shape index (κ2) is 38.1. The van der Waals surface area contributed by atoms with Crippen LogP contribution in [-0.2, 0) is 27.9 Å². The molecule has 0 saturated carbocycles. The minimum Gasteiger partial charge on any atom is -0.457 e. The van der Waals surface area contributed by atoms with Gasteiger partial charge >= 0.3 is 13.8 Å². The molecule has 0 rings (SSSR count). The molecule has 0 aliphatic heterocycles. The Kier molecular flexibility index (Phi) is 37.6. The van der Waals surface area contributed by atoms with Gasteiger partial charge in [-0.1, -0.05) is 180 Å². The fourth-order valence-electron chi connectivity index (χ4n) is 6.30. The van der Waals surface area contributed by atoms with Crippen molar-refractivity contribution in [3.05, 3.63) is 12.2 Å². The zero-order chi connectivity index (χ0) is 39.1. The number of rotatable bonds is 42. The average Bonchev–Trinajstić information content (AvgIpc) is 3.11. The highest BCUT2D eigenvalue weighted by Crippen LogP contribution is 2.43. The summed E-state index contributed by atoms with van der Waals surface area (Å²) in [6.45, 7) is 5.61. The van der Waals surface area contributed by atoms with Crippen LogP contribution in [0.25, 0.3) is 0 Å². The van der Waals surface area contributed by atoms with E-state index in [2.05, 4.69) is 26.0 Å². The largest absolute Gasteiger partial charge is 0.472 e. The van der Waals surface area contributed by atoms with Crippen molar-refractivity contribution in [2.24, 2.45) is 0 Å². The first-order valence-electron chi connectivity index (χ1n) is 22.4. The predicted molar refractivity (Wildman–Crippen MR) is 224 cm³/mol. The molecule has 0 saturated heterocycles. The molecule has 1 N–H and O–H groups in total. The molecule has 8 nitrogen and oxygen atoms in total. The molecule has 0 spiro atoms. The van der Waals surface area contributed by atoms with Gasteiger partial charge in [-0.05, 0) is 32.1 Å². The van der Waals surface area contributed by atoms with Gasteiger partial charge in [0.2, 0.25) is 0 Å². The normalized spacial score (nSPS) is 13.8. The number of carbonyl (C=O) groups is 1. The quantitative estimate of drug-likeness (QED) is 0.0217. The maximum absolute atomic E-state index is 12.7. The van der Waals surface area contributed by atoms with E-state index in [1.165, 1.54) is 154 Å². The number of allylic oxidation sites excluding steroid dienone is 2. The number of unbranched alkanes of at least 4 members (excludes halogenated alkanes) is 26. The molecule has 0 aliphatic carbocycles. The van der Waals surface area contributed by atoms with Crippen molar-refractivity contribution in [1.29, 1.82) is 0 Å². The summed E-state index contributed by atoms with van der Waals surface area (Å²) in [4.78, 5) is 22.9. The first-order valence-corrected chi connectivity index (χ1v) is 23.9. The second-order valence-electron chi connectivity index (χ2n) is 16.4. The number of esters is 1. The molecule has 0 fully saturated rings. The van der Waals surface area contributed by atoms with Crippen LogP contribution in [0.4, 0.5) is 0 Å². The Balaban J connectivity index is 4.15. The Morgan fingerprint density at radius 1 is 0.566 bits per heavy atom. The van der Waals surface area contributed by atoms with E-state index in [9.17, 15) is 14.3 Å². The van der Waals surface area contributed by atoms with Crippen molar-refractivity contribution in [1.82, 2.24) is 0 Å². The lowest BCUT2D eigenvalue weighted by Gasteiger charge is -2.24. The first kappa shape index (κ1) is 52.2. The van der Waals surface area contributed by atoms with Crippen LogP contribution < -0.4 is 0 Å². The minimum absolute atomic E-state index is 0.0906. The lowest BCUT2D eigenvalue weighted by molar-refractivity contribution is -0.870. The van der Waals surface area contributed by atoms with Gasteiger partial charge in [0.1, 0.15) is 19.3 Å². The summed E-state index contributed by atoms with van der Waals surface area (Å²) in [6, 6.07) is 0. The van der Waals surface area contributed by atoms with Crippen LogP contribution in [-0.4, -0.2) is 75.6 Å². The number of quaternary nitrogens is 1. The Labute approximate surface area is 329 Å². The Hall–Kier alpha value is -0.760. The van der Waals surface area contributed by atoms with Gasteiger partial charge in [0.15, 0.2) is 0 Å². The molecule has 0 radical (unpaired) electrons. The van der Waals surface area contributed by atoms with E-state index >= 15 is 0 Å². The summed E-state index contributed by atoms with van der Waals surface area (Å²) in [5.74, 6) is -0.312. The van der Waals surface area contributed by atoms with Crippen molar-refractivity contribution in [2.45, 2.75) is 213 Å². The SMILES string of the molecule is CCCC/C=C\CCCCCCCCOCC(COP(=O)(O)OCC[N+](C)(C)C)OC(=O)CCCCCCCCCCCCCCCCCCCCC. The van der Waals surface area contributed by atoms with Crippen molar-refractivity contribution in [3.63, 3.8) is 0 Å². The van der Waals surface area contributed by atoms with E-state index in [1.54, 1.807) is 0 Å². The van der Waals surface area contributed by atoms with Gasteiger partial charge < -0.3 is 18.9 Å². The summed E-state index contributed by atoms with van der Waals surface area (Å²) in [5, 5.41) is 0. The van der Waals surface area contributed by atoms with Gasteiger partial charge in [0.05, 0.1) is 34.4 Å². The van der Waals surface area contributed by atoms with Crippen LogP contribution in [0.5, 0.6) is 0 Å². The zero-order valence-electron chi connectivity index (χ0n) is 35.8. The monoisotopic (exact) mass is 775 g/mol. The maximum atomic E-state index is 12.7. The first-order chi connectivity index (χ1) is 25.6. The number of carbonyl (C=O) groups excluding carboxylic acids is 1. The summed E-state index contributed by atoms with van der Waals surface area (Å²) >= 11 is 0. The van der Waals surface area contributed by atoms with E-state index in [4.69, 9.17) is 18.5 Å². The Morgan fingerprint density at radius 3 is 1.49 bits per heavy atom. The van der Waals surface area contributed by atoms with Crippen molar-refractivity contribution in [3.8, 4) is 0 Å². The standard InChI is InChI=1S/C44H88NO7P/c1-6-8-10-12-14-16-18-20-21-22-23-24-25-26-27-29-31-33-35-37-44(46)52-43(42-51-53(47,48)50-40-38-45(3,4)5)41-49-39-36-34-32-30-28-19-17-15-13-11-9-7-2/h13,15,43H,6-12,14,16-42H2,1-5H3/p+1/b15-13-. The van der Waals surface area contributed by atoms with Crippen LogP contribution in [0.1, 0.15) is 206 Å². The summed E-state index contributed by atoms with van der Waals surface area (Å²) in [6.07, 6.45) is 41.0. The molecule has 2 unspecified atom stereocenters. The van der Waals surface area contributed by atoms with Crippen LogP contribution in [0.2, 0.25) is 0 Å². The molecule has 0 aromatic carbocycles. The van der Waals surface area contributed by atoms with E-state index in [-0.39, 0.29) is 25.8 Å². The molecule has 53 heavy (non-hydrogen) atoms. The predicted octanol–water partition coefficient (Wildman–Crippen LogP) is 13.1. The third-order valence-corrected chi connectivity index (χ3v) is 10.8. The molecule has 0 aromatic rings. The molecule has 0 aliphatic rings. The number of hydrogen-bond acceptors (Lipinski definition) is 6. The fraction of sp³-hybridized carbons (Fsp3) is 0.932. The van der Waals surface area contributed by atoms with Gasteiger partial charge in [-0.2, -0.15) is 0 Å². The topological polar surface area (TPSA) is 91.3 Å². The highest BCUT2D eigenvalue weighted by atomic mass is 31.2. The molecule has 9 heteroatoms.